The van der Waals surface area contributed by atoms with Crippen LogP contribution in [0, 0.1) is 0 Å². The van der Waals surface area contributed by atoms with E-state index < -0.39 is 0 Å². The van der Waals surface area contributed by atoms with Crippen LogP contribution in [-0.2, 0) is 13.0 Å². The van der Waals surface area contributed by atoms with Crippen molar-refractivity contribution in [3.05, 3.63) is 46.7 Å². The van der Waals surface area contributed by atoms with Crippen LogP contribution in [-0.4, -0.2) is 38.7 Å². The van der Waals surface area contributed by atoms with E-state index in [1.54, 1.807) is 11.3 Å². The first kappa shape index (κ1) is 12.7. The lowest BCUT2D eigenvalue weighted by Gasteiger charge is -2.25. The van der Waals surface area contributed by atoms with Gasteiger partial charge in [-0.1, -0.05) is 0 Å². The van der Waals surface area contributed by atoms with Crippen molar-refractivity contribution in [2.75, 3.05) is 6.54 Å². The van der Waals surface area contributed by atoms with Gasteiger partial charge in [-0.2, -0.15) is 0 Å². The molecule has 0 unspecified atom stereocenters. The number of hydrogen-bond donors (Lipinski definition) is 1. The summed E-state index contributed by atoms with van der Waals surface area (Å²) in [7, 11) is 0. The molecule has 0 aromatic carbocycles. The molecule has 0 saturated carbocycles. The van der Waals surface area contributed by atoms with E-state index in [0.29, 0.717) is 0 Å². The van der Waals surface area contributed by atoms with Gasteiger partial charge in [-0.25, -0.2) is 4.98 Å². The summed E-state index contributed by atoms with van der Waals surface area (Å²) in [4.78, 5) is 10.7. The average Bonchev–Trinajstić information content (AvgIpc) is 3.05. The van der Waals surface area contributed by atoms with Gasteiger partial charge < -0.3 is 5.11 Å². The van der Waals surface area contributed by atoms with Gasteiger partial charge in [-0.15, -0.1) is 11.3 Å². The van der Waals surface area contributed by atoms with E-state index in [1.165, 1.54) is 5.56 Å². The first-order valence-electron chi connectivity index (χ1n) is 6.52. The third kappa shape index (κ3) is 3.00. The molecule has 0 amide bonds. The molecule has 1 saturated heterocycles. The fraction of sp³-hybridized carbons (Fsp3) is 0.429. The topological polar surface area (TPSA) is 49.2 Å². The van der Waals surface area contributed by atoms with Crippen molar-refractivity contribution >= 4 is 11.3 Å². The van der Waals surface area contributed by atoms with Gasteiger partial charge in [0.1, 0.15) is 5.01 Å². The second kappa shape index (κ2) is 5.77. The van der Waals surface area contributed by atoms with Crippen LogP contribution in [0.1, 0.15) is 17.0 Å². The molecule has 1 aliphatic rings. The van der Waals surface area contributed by atoms with Crippen LogP contribution in [0.25, 0.3) is 0 Å². The molecule has 100 valence electrons. The molecule has 0 spiro atoms. The Morgan fingerprint density at radius 3 is 2.89 bits per heavy atom. The summed E-state index contributed by atoms with van der Waals surface area (Å²) < 4.78 is 0. The summed E-state index contributed by atoms with van der Waals surface area (Å²) in [5.41, 5.74) is 1.23. The van der Waals surface area contributed by atoms with Gasteiger partial charge in [0, 0.05) is 36.6 Å². The minimum absolute atomic E-state index is 0.186. The number of thiazole rings is 1. The highest BCUT2D eigenvalue weighted by atomic mass is 32.1. The molecule has 0 radical (unpaired) electrons. The smallest absolute Gasteiger partial charge is 0.107 e. The number of aliphatic hydroxyl groups excluding tert-OH is 1. The van der Waals surface area contributed by atoms with Crippen LogP contribution in [0.4, 0.5) is 0 Å². The van der Waals surface area contributed by atoms with E-state index in [9.17, 15) is 5.11 Å². The Balaban J connectivity index is 1.70. The zero-order chi connectivity index (χ0) is 13.1. The van der Waals surface area contributed by atoms with Gasteiger partial charge in [0.15, 0.2) is 0 Å². The molecule has 4 nitrogen and oxygen atoms in total. The largest absolute Gasteiger partial charge is 0.391 e. The summed E-state index contributed by atoms with van der Waals surface area (Å²) >= 11 is 1.67. The van der Waals surface area contributed by atoms with E-state index >= 15 is 0 Å². The van der Waals surface area contributed by atoms with Crippen LogP contribution in [0.5, 0.6) is 0 Å². The first-order valence-corrected chi connectivity index (χ1v) is 7.40. The Labute approximate surface area is 116 Å². The molecule has 2 atom stereocenters. The van der Waals surface area contributed by atoms with E-state index in [2.05, 4.69) is 14.9 Å². The molecule has 19 heavy (non-hydrogen) atoms. The van der Waals surface area contributed by atoms with Crippen LogP contribution in [0.15, 0.2) is 36.1 Å². The van der Waals surface area contributed by atoms with Gasteiger partial charge in [0.2, 0.25) is 0 Å². The predicted molar refractivity (Wildman–Crippen MR) is 74.9 cm³/mol. The molecule has 5 heteroatoms. The van der Waals surface area contributed by atoms with Crippen molar-refractivity contribution in [1.29, 1.82) is 0 Å². The van der Waals surface area contributed by atoms with Crippen LogP contribution in [0.2, 0.25) is 0 Å². The average molecular weight is 275 g/mol. The summed E-state index contributed by atoms with van der Waals surface area (Å²) in [6.07, 6.45) is 6.93. The Morgan fingerprint density at radius 1 is 1.32 bits per heavy atom. The number of pyridine rings is 1. The number of rotatable bonds is 4. The van der Waals surface area contributed by atoms with Gasteiger partial charge >= 0.3 is 0 Å². The van der Waals surface area contributed by atoms with Crippen molar-refractivity contribution in [3.63, 3.8) is 0 Å². The molecule has 2 aromatic rings. The van der Waals surface area contributed by atoms with Crippen LogP contribution < -0.4 is 0 Å². The number of nitrogens with zero attached hydrogens (tertiary/aromatic N) is 3. The molecule has 3 heterocycles. The van der Waals surface area contributed by atoms with E-state index in [4.69, 9.17) is 0 Å². The quantitative estimate of drug-likeness (QED) is 0.923. The number of likely N-dealkylation sites (tertiary alicyclic amines) is 1. The third-order valence-corrected chi connectivity index (χ3v) is 4.41. The molecular weight excluding hydrogens is 258 g/mol. The molecular formula is C14H17N3OS. The van der Waals surface area contributed by atoms with E-state index in [-0.39, 0.29) is 12.1 Å². The Morgan fingerprint density at radius 2 is 2.16 bits per heavy atom. The minimum atomic E-state index is -0.242. The summed E-state index contributed by atoms with van der Waals surface area (Å²) in [6.45, 7) is 1.78. The van der Waals surface area contributed by atoms with Gasteiger partial charge in [-0.05, 0) is 30.5 Å². The maximum absolute atomic E-state index is 10.2. The van der Waals surface area contributed by atoms with Crippen LogP contribution in [0.3, 0.4) is 0 Å². The number of aromatic nitrogens is 2. The van der Waals surface area contributed by atoms with E-state index in [0.717, 1.165) is 30.9 Å². The molecule has 1 aliphatic heterocycles. The second-order valence-corrected chi connectivity index (χ2v) is 5.86. The lowest BCUT2D eigenvalue weighted by atomic mass is 10.0. The fourth-order valence-corrected chi connectivity index (χ4v) is 3.27. The van der Waals surface area contributed by atoms with Crippen LogP contribution >= 0.6 is 11.3 Å². The van der Waals surface area contributed by atoms with Crippen molar-refractivity contribution in [2.45, 2.75) is 31.5 Å². The third-order valence-electron chi connectivity index (χ3n) is 3.64. The molecule has 1 fully saturated rings. The lowest BCUT2D eigenvalue weighted by Crippen LogP contribution is -2.36. The molecule has 0 aliphatic carbocycles. The zero-order valence-electron chi connectivity index (χ0n) is 10.6. The van der Waals surface area contributed by atoms with Gasteiger partial charge in [-0.3, -0.25) is 9.88 Å². The predicted octanol–water partition coefficient (Wildman–Crippen LogP) is 1.72. The number of hydrogen-bond acceptors (Lipinski definition) is 5. The minimum Gasteiger partial charge on any atom is -0.391 e. The van der Waals surface area contributed by atoms with Crippen molar-refractivity contribution in [2.24, 2.45) is 0 Å². The van der Waals surface area contributed by atoms with Gasteiger partial charge in [0.25, 0.3) is 0 Å². The summed E-state index contributed by atoms with van der Waals surface area (Å²) in [5.74, 6) is 0. The summed E-state index contributed by atoms with van der Waals surface area (Å²) in [6, 6.07) is 4.23. The zero-order valence-corrected chi connectivity index (χ0v) is 11.5. The Hall–Kier alpha value is -1.30. The highest BCUT2D eigenvalue weighted by molar-refractivity contribution is 7.09. The standard InChI is InChI=1S/C14H17N3OS/c18-13-3-7-17(10-14-16-6-8-19-14)12(13)9-11-1-4-15-5-2-11/h1-2,4-6,8,12-13,18H,3,7,9-10H2/t12-,13+/m0/s1. The van der Waals surface area contributed by atoms with Crippen molar-refractivity contribution in [1.82, 2.24) is 14.9 Å². The normalized spacial score (nSPS) is 23.8. The first-order chi connectivity index (χ1) is 9.33. The monoisotopic (exact) mass is 275 g/mol. The molecule has 2 aromatic heterocycles. The van der Waals surface area contributed by atoms with Crippen molar-refractivity contribution in [3.8, 4) is 0 Å². The molecule has 3 rings (SSSR count). The SMILES string of the molecule is O[C@@H]1CCN(Cc2nccs2)[C@H]1Cc1ccncc1. The summed E-state index contributed by atoms with van der Waals surface area (Å²) in [5, 5.41) is 13.3. The maximum Gasteiger partial charge on any atom is 0.107 e. The lowest BCUT2D eigenvalue weighted by molar-refractivity contribution is 0.112. The maximum atomic E-state index is 10.2. The highest BCUT2D eigenvalue weighted by Crippen LogP contribution is 2.24. The second-order valence-electron chi connectivity index (χ2n) is 4.88. The Bertz CT molecular complexity index is 503. The fourth-order valence-electron chi connectivity index (χ4n) is 2.63. The van der Waals surface area contributed by atoms with Gasteiger partial charge in [0.05, 0.1) is 12.6 Å². The van der Waals surface area contributed by atoms with E-state index in [1.807, 2.05) is 36.1 Å². The molecule has 1 N–H and O–H groups in total. The molecule has 0 bridgehead atoms. The van der Waals surface area contributed by atoms with Crippen molar-refractivity contribution < 1.29 is 5.11 Å². The number of aliphatic hydroxyl groups is 1. The Kier molecular flexibility index (Phi) is 3.87. The highest BCUT2D eigenvalue weighted by Gasteiger charge is 2.32.